The minimum Gasteiger partial charge on any atom is -0.352 e. The maximum atomic E-state index is 13.7. The van der Waals surface area contributed by atoms with E-state index in [2.05, 4.69) is 20.9 Å². The molecule has 1 saturated heterocycles. The molecule has 1 aliphatic rings. The molecule has 162 valence electrons. The highest BCUT2D eigenvalue weighted by Crippen LogP contribution is 2.29. The van der Waals surface area contributed by atoms with Crippen LogP contribution in [0.4, 0.5) is 5.82 Å². The number of benzene rings is 2. The predicted octanol–water partition coefficient (Wildman–Crippen LogP) is 4.87. The molecule has 1 fully saturated rings. The highest BCUT2D eigenvalue weighted by molar-refractivity contribution is 7.16. The van der Waals surface area contributed by atoms with E-state index in [1.165, 1.54) is 0 Å². The number of carbonyl (C=O) groups excluding carboxylic acids is 1. The lowest BCUT2D eigenvalue weighted by molar-refractivity contribution is 0.0748. The van der Waals surface area contributed by atoms with Crippen LogP contribution < -0.4 is 4.90 Å². The largest absolute Gasteiger partial charge is 0.352 e. The zero-order valence-corrected chi connectivity index (χ0v) is 18.7. The van der Waals surface area contributed by atoms with E-state index in [-0.39, 0.29) is 5.91 Å². The van der Waals surface area contributed by atoms with E-state index < -0.39 is 0 Å². The van der Waals surface area contributed by atoms with Crippen LogP contribution in [0.15, 0.2) is 78.4 Å². The van der Waals surface area contributed by atoms with E-state index in [9.17, 15) is 4.79 Å². The summed E-state index contributed by atoms with van der Waals surface area (Å²) in [6.45, 7) is 2.77. The zero-order chi connectivity index (χ0) is 22.2. The minimum atomic E-state index is 0.0498. The summed E-state index contributed by atoms with van der Waals surface area (Å²) in [5.41, 5.74) is 3.36. The van der Waals surface area contributed by atoms with Gasteiger partial charge in [-0.2, -0.15) is 0 Å². The van der Waals surface area contributed by atoms with Gasteiger partial charge in [-0.1, -0.05) is 48.5 Å². The molecule has 0 spiro atoms. The summed E-state index contributed by atoms with van der Waals surface area (Å²) in [7, 11) is 0. The highest BCUT2D eigenvalue weighted by atomic mass is 32.1. The highest BCUT2D eigenvalue weighted by Gasteiger charge is 2.26. The summed E-state index contributed by atoms with van der Waals surface area (Å²) >= 11 is 1.62. The first-order chi connectivity index (χ1) is 16.3. The summed E-state index contributed by atoms with van der Waals surface area (Å²) in [4.78, 5) is 32.6. The smallest absolute Gasteiger partial charge is 0.254 e. The van der Waals surface area contributed by atoms with Crippen LogP contribution in [0, 0.1) is 0 Å². The second-order valence-corrected chi connectivity index (χ2v) is 8.95. The lowest BCUT2D eigenvalue weighted by Gasteiger charge is -2.35. The molecule has 4 heterocycles. The first-order valence-corrected chi connectivity index (χ1v) is 11.8. The number of piperazine rings is 1. The monoisotopic (exact) mass is 451 g/mol. The SMILES string of the molecule is O=C(c1cc(-c2ccccc2)nc2ccccc12)N1CCN(c2ncnc3sccc23)CC1. The van der Waals surface area contributed by atoms with Crippen molar-refractivity contribution >= 4 is 44.2 Å². The Morgan fingerprint density at radius 2 is 1.64 bits per heavy atom. The Balaban J connectivity index is 1.30. The predicted molar refractivity (Wildman–Crippen MR) is 133 cm³/mol. The number of thiophene rings is 1. The second kappa shape index (κ2) is 8.26. The number of nitrogens with zero attached hydrogens (tertiary/aromatic N) is 5. The molecule has 0 radical (unpaired) electrons. The van der Waals surface area contributed by atoms with E-state index in [0.717, 1.165) is 51.3 Å². The average Bonchev–Trinajstić information content (AvgIpc) is 3.37. The van der Waals surface area contributed by atoms with Crippen LogP contribution in [0.3, 0.4) is 0 Å². The summed E-state index contributed by atoms with van der Waals surface area (Å²) in [5.74, 6) is 1.00. The van der Waals surface area contributed by atoms with Gasteiger partial charge >= 0.3 is 0 Å². The van der Waals surface area contributed by atoms with Gasteiger partial charge in [0.25, 0.3) is 5.91 Å². The van der Waals surface area contributed by atoms with Gasteiger partial charge in [0.15, 0.2) is 0 Å². The van der Waals surface area contributed by atoms with Crippen molar-refractivity contribution in [3.63, 3.8) is 0 Å². The third-order valence-electron chi connectivity index (χ3n) is 6.12. The minimum absolute atomic E-state index is 0.0498. The van der Waals surface area contributed by atoms with Crippen LogP contribution in [0.2, 0.25) is 0 Å². The molecule has 33 heavy (non-hydrogen) atoms. The van der Waals surface area contributed by atoms with Gasteiger partial charge in [0.2, 0.25) is 0 Å². The van der Waals surface area contributed by atoms with Gasteiger partial charge < -0.3 is 9.80 Å². The number of amides is 1. The topological polar surface area (TPSA) is 62.2 Å². The quantitative estimate of drug-likeness (QED) is 0.392. The van der Waals surface area contributed by atoms with Crippen LogP contribution in [0.1, 0.15) is 10.4 Å². The Labute approximate surface area is 195 Å². The molecule has 6 nitrogen and oxygen atoms in total. The number of carbonyl (C=O) groups is 1. The van der Waals surface area contributed by atoms with Crippen LogP contribution in [-0.2, 0) is 0 Å². The van der Waals surface area contributed by atoms with E-state index >= 15 is 0 Å². The lowest BCUT2D eigenvalue weighted by Crippen LogP contribution is -2.49. The molecule has 1 amide bonds. The standard InChI is InChI=1S/C26H21N5OS/c32-26(31-13-11-30(12-14-31)24-20-10-15-33-25(20)28-17-27-24)21-16-23(18-6-2-1-3-7-18)29-22-9-5-4-8-19(21)22/h1-10,15-17H,11-14H2. The maximum Gasteiger partial charge on any atom is 0.254 e. The van der Waals surface area contributed by atoms with Crippen LogP contribution in [-0.4, -0.2) is 51.9 Å². The molecule has 7 heteroatoms. The number of rotatable bonds is 3. The molecule has 0 saturated carbocycles. The summed E-state index contributed by atoms with van der Waals surface area (Å²) in [6, 6.07) is 21.9. The molecular weight excluding hydrogens is 430 g/mol. The molecular formula is C26H21N5OS. The Bertz CT molecular complexity index is 1460. The Kier molecular flexibility index (Phi) is 4.96. The molecule has 0 aliphatic carbocycles. The summed E-state index contributed by atoms with van der Waals surface area (Å²) < 4.78 is 0. The molecule has 0 atom stereocenters. The molecule has 1 aliphatic heterocycles. The van der Waals surface area contributed by atoms with Gasteiger partial charge in [-0.25, -0.2) is 15.0 Å². The van der Waals surface area contributed by atoms with E-state index in [1.807, 2.05) is 70.9 Å². The van der Waals surface area contributed by atoms with Gasteiger partial charge in [0.05, 0.1) is 22.2 Å². The molecule has 0 N–H and O–H groups in total. The van der Waals surface area contributed by atoms with Gasteiger partial charge in [-0.3, -0.25) is 4.79 Å². The fraction of sp³-hybridized carbons (Fsp3) is 0.154. The van der Waals surface area contributed by atoms with Crippen molar-refractivity contribution in [1.29, 1.82) is 0 Å². The molecule has 0 unspecified atom stereocenters. The number of pyridine rings is 1. The van der Waals surface area contributed by atoms with Crippen molar-refractivity contribution in [3.05, 3.63) is 84.0 Å². The van der Waals surface area contributed by atoms with Crippen LogP contribution in [0.5, 0.6) is 0 Å². The molecule has 0 bridgehead atoms. The lowest BCUT2D eigenvalue weighted by atomic mass is 10.0. The third kappa shape index (κ3) is 3.60. The number of hydrogen-bond donors (Lipinski definition) is 0. The summed E-state index contributed by atoms with van der Waals surface area (Å²) in [5, 5.41) is 4.01. The average molecular weight is 452 g/mol. The third-order valence-corrected chi connectivity index (χ3v) is 6.94. The van der Waals surface area contributed by atoms with Crippen molar-refractivity contribution in [2.45, 2.75) is 0 Å². The van der Waals surface area contributed by atoms with Gasteiger partial charge in [-0.15, -0.1) is 11.3 Å². The fourth-order valence-corrected chi connectivity index (χ4v) is 5.16. The van der Waals surface area contributed by atoms with Gasteiger partial charge in [-0.05, 0) is 23.6 Å². The Hall–Kier alpha value is -3.84. The number of hydrogen-bond acceptors (Lipinski definition) is 6. The number of para-hydroxylation sites is 1. The van der Waals surface area contributed by atoms with Gasteiger partial charge in [0.1, 0.15) is 17.0 Å². The number of fused-ring (bicyclic) bond motifs is 2. The fourth-order valence-electron chi connectivity index (χ4n) is 4.43. The van der Waals surface area contributed by atoms with E-state index in [1.54, 1.807) is 17.7 Å². The number of aromatic nitrogens is 3. The van der Waals surface area contributed by atoms with Crippen molar-refractivity contribution < 1.29 is 4.79 Å². The van der Waals surface area contributed by atoms with Crippen molar-refractivity contribution in [1.82, 2.24) is 19.9 Å². The van der Waals surface area contributed by atoms with Crippen molar-refractivity contribution in [2.75, 3.05) is 31.1 Å². The molecule has 2 aromatic carbocycles. The van der Waals surface area contributed by atoms with E-state index in [0.29, 0.717) is 18.7 Å². The van der Waals surface area contributed by atoms with Crippen molar-refractivity contribution in [3.8, 4) is 11.3 Å². The Morgan fingerprint density at radius 3 is 2.48 bits per heavy atom. The van der Waals surface area contributed by atoms with Gasteiger partial charge in [0, 0.05) is 37.1 Å². The number of anilines is 1. The van der Waals surface area contributed by atoms with Crippen LogP contribution >= 0.6 is 11.3 Å². The zero-order valence-electron chi connectivity index (χ0n) is 17.9. The maximum absolute atomic E-state index is 13.7. The normalized spacial score (nSPS) is 14.2. The Morgan fingerprint density at radius 1 is 0.848 bits per heavy atom. The molecule has 3 aromatic heterocycles. The first-order valence-electron chi connectivity index (χ1n) is 11.0. The second-order valence-electron chi connectivity index (χ2n) is 8.05. The molecule has 6 rings (SSSR count). The van der Waals surface area contributed by atoms with Crippen LogP contribution in [0.25, 0.3) is 32.4 Å². The van der Waals surface area contributed by atoms with E-state index in [4.69, 9.17) is 4.98 Å². The molecule has 5 aromatic rings. The van der Waals surface area contributed by atoms with Crippen molar-refractivity contribution in [2.24, 2.45) is 0 Å². The first kappa shape index (κ1) is 19.8. The summed E-state index contributed by atoms with van der Waals surface area (Å²) in [6.07, 6.45) is 1.62.